The van der Waals surface area contributed by atoms with Gasteiger partial charge in [0.15, 0.2) is 0 Å². The number of amides is 1. The molecule has 0 aromatic heterocycles. The van der Waals surface area contributed by atoms with Crippen LogP contribution in [0.3, 0.4) is 0 Å². The van der Waals surface area contributed by atoms with E-state index in [1.54, 1.807) is 0 Å². The topological polar surface area (TPSA) is 41.1 Å². The molecule has 0 aliphatic heterocycles. The van der Waals surface area contributed by atoms with Crippen LogP contribution in [0.15, 0.2) is 28.7 Å². The molecule has 1 aromatic rings. The van der Waals surface area contributed by atoms with E-state index in [1.807, 2.05) is 13.8 Å². The molecule has 1 aliphatic carbocycles. The second-order valence-electron chi connectivity index (χ2n) is 5.81. The highest BCUT2D eigenvalue weighted by atomic mass is 79.9. The Kier molecular flexibility index (Phi) is 5.61. The van der Waals surface area contributed by atoms with Crippen LogP contribution in [0.1, 0.15) is 44.6 Å². The predicted molar refractivity (Wildman–Crippen MR) is 85.8 cm³/mol. The van der Waals surface area contributed by atoms with E-state index in [9.17, 15) is 4.79 Å². The van der Waals surface area contributed by atoms with Crippen LogP contribution in [0.25, 0.3) is 0 Å². The molecule has 0 saturated heterocycles. The van der Waals surface area contributed by atoms with Crippen LogP contribution in [0.4, 0.5) is 0 Å². The van der Waals surface area contributed by atoms with Crippen molar-refractivity contribution in [2.75, 3.05) is 6.54 Å². The lowest BCUT2D eigenvalue weighted by atomic mass is 9.76. The van der Waals surface area contributed by atoms with E-state index in [-0.39, 0.29) is 11.9 Å². The van der Waals surface area contributed by atoms with E-state index in [2.05, 4.69) is 50.8 Å². The Morgan fingerprint density at radius 1 is 1.35 bits per heavy atom. The van der Waals surface area contributed by atoms with Gasteiger partial charge < -0.3 is 10.6 Å². The lowest BCUT2D eigenvalue weighted by Gasteiger charge is -2.37. The van der Waals surface area contributed by atoms with Crippen LogP contribution in [0, 0.1) is 0 Å². The highest BCUT2D eigenvalue weighted by Gasteiger charge is 2.30. The van der Waals surface area contributed by atoms with E-state index in [0.29, 0.717) is 18.4 Å². The maximum Gasteiger partial charge on any atom is 0.221 e. The number of hydrogen-bond acceptors (Lipinski definition) is 2. The van der Waals surface area contributed by atoms with Crippen molar-refractivity contribution < 1.29 is 4.79 Å². The number of nitrogens with one attached hydrogen (secondary N) is 2. The first kappa shape index (κ1) is 15.5. The molecule has 0 heterocycles. The Labute approximate surface area is 129 Å². The molecule has 0 bridgehead atoms. The summed E-state index contributed by atoms with van der Waals surface area (Å²) >= 11 is 3.61. The van der Waals surface area contributed by atoms with Gasteiger partial charge in [-0.2, -0.15) is 0 Å². The zero-order chi connectivity index (χ0) is 14.5. The molecule has 0 radical (unpaired) electrons. The summed E-state index contributed by atoms with van der Waals surface area (Å²) in [4.78, 5) is 11.5. The predicted octanol–water partition coefficient (Wildman–Crippen LogP) is 3.20. The minimum absolute atomic E-state index is 0.133. The fraction of sp³-hybridized carbons (Fsp3) is 0.562. The minimum Gasteiger partial charge on any atom is -0.354 e. The van der Waals surface area contributed by atoms with Gasteiger partial charge in [0.05, 0.1) is 0 Å². The number of benzene rings is 1. The molecule has 3 nitrogen and oxygen atoms in total. The molecular weight excluding hydrogens is 316 g/mol. The molecule has 1 aliphatic rings. The van der Waals surface area contributed by atoms with E-state index in [4.69, 9.17) is 0 Å². The first-order valence-corrected chi connectivity index (χ1v) is 8.12. The van der Waals surface area contributed by atoms with Crippen molar-refractivity contribution >= 4 is 21.8 Å². The van der Waals surface area contributed by atoms with Gasteiger partial charge >= 0.3 is 0 Å². The second-order valence-corrected chi connectivity index (χ2v) is 6.67. The van der Waals surface area contributed by atoms with Crippen LogP contribution in [0.5, 0.6) is 0 Å². The van der Waals surface area contributed by atoms with Crippen LogP contribution in [0.2, 0.25) is 0 Å². The van der Waals surface area contributed by atoms with Crippen LogP contribution in [-0.4, -0.2) is 24.5 Å². The molecule has 1 aromatic carbocycles. The van der Waals surface area contributed by atoms with Gasteiger partial charge in [-0.1, -0.05) is 34.1 Å². The summed E-state index contributed by atoms with van der Waals surface area (Å²) < 4.78 is 1.21. The van der Waals surface area contributed by atoms with Crippen molar-refractivity contribution in [3.8, 4) is 0 Å². The fourth-order valence-electron chi connectivity index (χ4n) is 2.63. The Morgan fingerprint density at radius 3 is 2.70 bits per heavy atom. The van der Waals surface area contributed by atoms with Crippen molar-refractivity contribution in [2.45, 2.75) is 51.1 Å². The summed E-state index contributed by atoms with van der Waals surface area (Å²) in [6.07, 6.45) is 2.89. The molecular formula is C16H23BrN2O. The number of carbonyl (C=O) groups excluding carboxylic acids is 1. The SMILES string of the molecule is CC(C)NC(=O)CCNC1CC(c2ccccc2Br)C1. The van der Waals surface area contributed by atoms with Crippen molar-refractivity contribution in [3.63, 3.8) is 0 Å². The average molecular weight is 339 g/mol. The summed E-state index contributed by atoms with van der Waals surface area (Å²) in [5.74, 6) is 0.779. The first-order valence-electron chi connectivity index (χ1n) is 7.33. The van der Waals surface area contributed by atoms with E-state index >= 15 is 0 Å². The largest absolute Gasteiger partial charge is 0.354 e. The van der Waals surface area contributed by atoms with Crippen molar-refractivity contribution in [1.29, 1.82) is 0 Å². The summed E-state index contributed by atoms with van der Waals surface area (Å²) in [6.45, 7) is 4.74. The van der Waals surface area contributed by atoms with E-state index in [0.717, 1.165) is 19.4 Å². The van der Waals surface area contributed by atoms with Gasteiger partial charge in [-0.05, 0) is 44.2 Å². The van der Waals surface area contributed by atoms with Gasteiger partial charge in [-0.15, -0.1) is 0 Å². The number of halogens is 1. The molecule has 0 unspecified atom stereocenters. The number of hydrogen-bond donors (Lipinski definition) is 2. The molecule has 20 heavy (non-hydrogen) atoms. The molecule has 110 valence electrons. The monoisotopic (exact) mass is 338 g/mol. The Bertz CT molecular complexity index is 456. The Morgan fingerprint density at radius 2 is 2.05 bits per heavy atom. The first-order chi connectivity index (χ1) is 9.56. The third-order valence-electron chi connectivity index (χ3n) is 3.72. The van der Waals surface area contributed by atoms with Crippen molar-refractivity contribution in [2.24, 2.45) is 0 Å². The smallest absolute Gasteiger partial charge is 0.221 e. The second kappa shape index (κ2) is 7.23. The van der Waals surface area contributed by atoms with Crippen molar-refractivity contribution in [1.82, 2.24) is 10.6 Å². The third-order valence-corrected chi connectivity index (χ3v) is 4.44. The zero-order valence-electron chi connectivity index (χ0n) is 12.2. The van der Waals surface area contributed by atoms with Gasteiger partial charge in [-0.25, -0.2) is 0 Å². The lowest BCUT2D eigenvalue weighted by Crippen LogP contribution is -2.42. The molecule has 1 fully saturated rings. The van der Waals surface area contributed by atoms with Crippen LogP contribution >= 0.6 is 15.9 Å². The standard InChI is InChI=1S/C16H23BrN2O/c1-11(2)19-16(20)7-8-18-13-9-12(10-13)14-5-3-4-6-15(14)17/h3-6,11-13,18H,7-10H2,1-2H3,(H,19,20). The molecule has 0 spiro atoms. The van der Waals surface area contributed by atoms with Gasteiger partial charge in [0.2, 0.25) is 5.91 Å². The molecule has 0 atom stereocenters. The van der Waals surface area contributed by atoms with Gasteiger partial charge in [0.1, 0.15) is 0 Å². The molecule has 2 rings (SSSR count). The highest BCUT2D eigenvalue weighted by Crippen LogP contribution is 2.39. The normalized spacial score (nSPS) is 21.6. The lowest BCUT2D eigenvalue weighted by molar-refractivity contribution is -0.121. The summed E-state index contributed by atoms with van der Waals surface area (Å²) in [5.41, 5.74) is 1.41. The summed E-state index contributed by atoms with van der Waals surface area (Å²) in [7, 11) is 0. The molecule has 2 N–H and O–H groups in total. The maximum absolute atomic E-state index is 11.5. The Hall–Kier alpha value is -0.870. The summed E-state index contributed by atoms with van der Waals surface area (Å²) in [5, 5.41) is 6.38. The Balaban J connectivity index is 1.65. The fourth-order valence-corrected chi connectivity index (χ4v) is 3.24. The third kappa shape index (κ3) is 4.32. The molecule has 4 heteroatoms. The van der Waals surface area contributed by atoms with Crippen LogP contribution in [-0.2, 0) is 4.79 Å². The molecule has 1 amide bonds. The van der Waals surface area contributed by atoms with Crippen molar-refractivity contribution in [3.05, 3.63) is 34.3 Å². The van der Waals surface area contributed by atoms with Crippen LogP contribution < -0.4 is 10.6 Å². The number of rotatable bonds is 6. The minimum atomic E-state index is 0.133. The zero-order valence-corrected chi connectivity index (χ0v) is 13.7. The highest BCUT2D eigenvalue weighted by molar-refractivity contribution is 9.10. The van der Waals surface area contributed by atoms with Gasteiger partial charge in [0.25, 0.3) is 0 Å². The molecule has 1 saturated carbocycles. The maximum atomic E-state index is 11.5. The van der Waals surface area contributed by atoms with Gasteiger partial charge in [0, 0.05) is 29.5 Å². The number of carbonyl (C=O) groups is 1. The van der Waals surface area contributed by atoms with Gasteiger partial charge in [-0.3, -0.25) is 4.79 Å². The quantitative estimate of drug-likeness (QED) is 0.836. The average Bonchev–Trinajstić information content (AvgIpc) is 2.32. The summed E-state index contributed by atoms with van der Waals surface area (Å²) in [6, 6.07) is 9.23. The van der Waals surface area contributed by atoms with E-state index < -0.39 is 0 Å². The van der Waals surface area contributed by atoms with E-state index in [1.165, 1.54) is 10.0 Å².